The number of methoxy groups -OCH3 is 1. The number of carbonyl (C=O) groups excluding carboxylic acids is 1. The summed E-state index contributed by atoms with van der Waals surface area (Å²) in [5, 5.41) is 9.05. The SMILES string of the molecule is COc1cc(F)ccc1NS(=O)(=O)c1ccc(N2CC(C(=O)O)CC2=O)cc1. The zero-order valence-electron chi connectivity index (χ0n) is 14.8. The van der Waals surface area contributed by atoms with Crippen LogP contribution in [-0.4, -0.2) is 39.1 Å². The van der Waals surface area contributed by atoms with E-state index < -0.39 is 27.7 Å². The van der Waals surface area contributed by atoms with Gasteiger partial charge in [0.05, 0.1) is 23.6 Å². The van der Waals surface area contributed by atoms with Crippen LogP contribution in [0.1, 0.15) is 6.42 Å². The van der Waals surface area contributed by atoms with Crippen LogP contribution in [0.2, 0.25) is 0 Å². The van der Waals surface area contributed by atoms with Gasteiger partial charge in [0.1, 0.15) is 11.6 Å². The Morgan fingerprint density at radius 3 is 2.50 bits per heavy atom. The van der Waals surface area contributed by atoms with Crippen molar-refractivity contribution in [2.75, 3.05) is 23.3 Å². The summed E-state index contributed by atoms with van der Waals surface area (Å²) in [5.74, 6) is -2.71. The average Bonchev–Trinajstić information content (AvgIpc) is 3.05. The normalized spacial score (nSPS) is 16.9. The number of nitrogens with one attached hydrogen (secondary N) is 1. The van der Waals surface area contributed by atoms with Gasteiger partial charge in [-0.15, -0.1) is 0 Å². The van der Waals surface area contributed by atoms with Gasteiger partial charge in [0.15, 0.2) is 0 Å². The van der Waals surface area contributed by atoms with Crippen molar-refractivity contribution in [1.82, 2.24) is 0 Å². The molecule has 3 rings (SSSR count). The van der Waals surface area contributed by atoms with Crippen molar-refractivity contribution in [3.05, 3.63) is 48.3 Å². The number of amides is 1. The Balaban J connectivity index is 1.81. The summed E-state index contributed by atoms with van der Waals surface area (Å²) in [6.45, 7) is 0.0330. The number of carbonyl (C=O) groups is 2. The van der Waals surface area contributed by atoms with Crippen LogP contribution in [0.25, 0.3) is 0 Å². The lowest BCUT2D eigenvalue weighted by Gasteiger charge is -2.17. The van der Waals surface area contributed by atoms with E-state index in [1.54, 1.807) is 0 Å². The number of ether oxygens (including phenoxy) is 1. The molecule has 2 N–H and O–H groups in total. The zero-order chi connectivity index (χ0) is 20.5. The molecular formula is C18H17FN2O6S. The number of aliphatic carboxylic acids is 1. The fraction of sp³-hybridized carbons (Fsp3) is 0.222. The lowest BCUT2D eigenvalue weighted by Crippen LogP contribution is -2.25. The molecule has 0 saturated carbocycles. The molecule has 2 aromatic rings. The van der Waals surface area contributed by atoms with Gasteiger partial charge < -0.3 is 14.7 Å². The lowest BCUT2D eigenvalue weighted by atomic mass is 10.1. The molecule has 10 heteroatoms. The van der Waals surface area contributed by atoms with Crippen molar-refractivity contribution >= 4 is 33.3 Å². The van der Waals surface area contributed by atoms with Crippen LogP contribution in [0, 0.1) is 11.7 Å². The van der Waals surface area contributed by atoms with Gasteiger partial charge in [0.2, 0.25) is 5.91 Å². The van der Waals surface area contributed by atoms with Crippen LogP contribution in [-0.2, 0) is 19.6 Å². The highest BCUT2D eigenvalue weighted by molar-refractivity contribution is 7.92. The Labute approximate surface area is 160 Å². The number of hydrogen-bond donors (Lipinski definition) is 2. The Morgan fingerprint density at radius 1 is 1.25 bits per heavy atom. The molecular weight excluding hydrogens is 391 g/mol. The number of carboxylic acids is 1. The zero-order valence-corrected chi connectivity index (χ0v) is 15.6. The second-order valence-corrected chi connectivity index (χ2v) is 7.87. The van der Waals surface area contributed by atoms with E-state index in [1.807, 2.05) is 0 Å². The Morgan fingerprint density at radius 2 is 1.93 bits per heavy atom. The molecule has 1 fully saturated rings. The van der Waals surface area contributed by atoms with Crippen LogP contribution >= 0.6 is 0 Å². The second-order valence-electron chi connectivity index (χ2n) is 6.19. The topological polar surface area (TPSA) is 113 Å². The molecule has 0 bridgehead atoms. The number of rotatable bonds is 6. The molecule has 1 aliphatic rings. The van der Waals surface area contributed by atoms with E-state index in [0.717, 1.165) is 12.1 Å². The van der Waals surface area contributed by atoms with Crippen molar-refractivity contribution in [3.63, 3.8) is 0 Å². The lowest BCUT2D eigenvalue weighted by molar-refractivity contribution is -0.141. The van der Waals surface area contributed by atoms with Crippen molar-refractivity contribution in [1.29, 1.82) is 0 Å². The number of sulfonamides is 1. The first kappa shape index (κ1) is 19.6. The third-order valence-electron chi connectivity index (χ3n) is 4.34. The van der Waals surface area contributed by atoms with Gasteiger partial charge >= 0.3 is 5.97 Å². The van der Waals surface area contributed by atoms with E-state index in [9.17, 15) is 22.4 Å². The smallest absolute Gasteiger partial charge is 0.308 e. The van der Waals surface area contributed by atoms with Crippen molar-refractivity contribution in [2.45, 2.75) is 11.3 Å². The minimum absolute atomic E-state index is 0.0302. The van der Waals surface area contributed by atoms with Gasteiger partial charge in [-0.3, -0.25) is 14.3 Å². The molecule has 8 nitrogen and oxygen atoms in total. The maximum atomic E-state index is 13.3. The average molecular weight is 408 g/mol. The maximum Gasteiger partial charge on any atom is 0.308 e. The molecule has 2 aromatic carbocycles. The van der Waals surface area contributed by atoms with Crippen LogP contribution < -0.4 is 14.4 Å². The highest BCUT2D eigenvalue weighted by Crippen LogP contribution is 2.29. The monoisotopic (exact) mass is 408 g/mol. The van der Waals surface area contributed by atoms with Crippen LogP contribution in [0.4, 0.5) is 15.8 Å². The molecule has 1 heterocycles. The molecule has 0 spiro atoms. The van der Waals surface area contributed by atoms with Crippen LogP contribution in [0.3, 0.4) is 0 Å². The second kappa shape index (κ2) is 7.47. The largest absolute Gasteiger partial charge is 0.494 e. The van der Waals surface area contributed by atoms with E-state index in [0.29, 0.717) is 5.69 Å². The maximum absolute atomic E-state index is 13.3. The quantitative estimate of drug-likeness (QED) is 0.757. The van der Waals surface area contributed by atoms with Crippen LogP contribution in [0.5, 0.6) is 5.75 Å². The fourth-order valence-electron chi connectivity index (χ4n) is 2.88. The highest BCUT2D eigenvalue weighted by atomic mass is 32.2. The molecule has 148 valence electrons. The van der Waals surface area contributed by atoms with E-state index in [1.165, 1.54) is 42.3 Å². The van der Waals surface area contributed by atoms with Crippen molar-refractivity contribution < 1.29 is 32.2 Å². The number of benzene rings is 2. The molecule has 1 saturated heterocycles. The first-order chi connectivity index (χ1) is 13.2. The summed E-state index contributed by atoms with van der Waals surface area (Å²) < 4.78 is 45.7. The minimum atomic E-state index is -3.99. The Kier molecular flexibility index (Phi) is 5.23. The van der Waals surface area contributed by atoms with E-state index in [2.05, 4.69) is 4.72 Å². The Bertz CT molecular complexity index is 1020. The van der Waals surface area contributed by atoms with Gasteiger partial charge in [0.25, 0.3) is 10.0 Å². The van der Waals surface area contributed by atoms with Gasteiger partial charge in [-0.2, -0.15) is 0 Å². The summed E-state index contributed by atoms with van der Waals surface area (Å²) in [5.41, 5.74) is 0.485. The third-order valence-corrected chi connectivity index (χ3v) is 5.72. The predicted molar refractivity (Wildman–Crippen MR) is 98.3 cm³/mol. The number of halogens is 1. The molecule has 28 heavy (non-hydrogen) atoms. The third kappa shape index (κ3) is 3.91. The van der Waals surface area contributed by atoms with E-state index >= 15 is 0 Å². The number of carboxylic acid groups (broad SMARTS) is 1. The molecule has 1 aliphatic heterocycles. The molecule has 1 atom stereocenters. The standard InChI is InChI=1S/C18H17FN2O6S/c1-27-16-9-12(19)2-7-15(16)20-28(25,26)14-5-3-13(4-6-14)21-10-11(18(23)24)8-17(21)22/h2-7,9,11,20H,8,10H2,1H3,(H,23,24). The summed E-state index contributed by atoms with van der Waals surface area (Å²) in [4.78, 5) is 24.3. The minimum Gasteiger partial charge on any atom is -0.494 e. The van der Waals surface area contributed by atoms with Gasteiger partial charge in [-0.1, -0.05) is 0 Å². The molecule has 0 aromatic heterocycles. The molecule has 1 amide bonds. The predicted octanol–water partition coefficient (Wildman–Crippen LogP) is 2.07. The summed E-state index contributed by atoms with van der Waals surface area (Å²) in [6.07, 6.45) is -0.0959. The van der Waals surface area contributed by atoms with Crippen LogP contribution in [0.15, 0.2) is 47.4 Å². The van der Waals surface area contributed by atoms with Gasteiger partial charge in [-0.05, 0) is 36.4 Å². The summed E-state index contributed by atoms with van der Waals surface area (Å²) >= 11 is 0. The summed E-state index contributed by atoms with van der Waals surface area (Å²) in [7, 11) is -2.70. The van der Waals surface area contributed by atoms with Crippen molar-refractivity contribution in [2.24, 2.45) is 5.92 Å². The first-order valence-corrected chi connectivity index (χ1v) is 9.69. The van der Waals surface area contributed by atoms with Gasteiger partial charge in [0, 0.05) is 24.7 Å². The van der Waals surface area contributed by atoms with E-state index in [-0.39, 0.29) is 35.2 Å². The van der Waals surface area contributed by atoms with Gasteiger partial charge in [-0.25, -0.2) is 12.8 Å². The summed E-state index contributed by atoms with van der Waals surface area (Å²) in [6, 6.07) is 8.86. The molecule has 0 radical (unpaired) electrons. The number of nitrogens with zero attached hydrogens (tertiary/aromatic N) is 1. The number of anilines is 2. The molecule has 1 unspecified atom stereocenters. The molecule has 0 aliphatic carbocycles. The van der Waals surface area contributed by atoms with Crippen molar-refractivity contribution in [3.8, 4) is 5.75 Å². The van der Waals surface area contributed by atoms with E-state index in [4.69, 9.17) is 9.84 Å². The fourth-order valence-corrected chi connectivity index (χ4v) is 3.95. The Hall–Kier alpha value is -3.14. The first-order valence-electron chi connectivity index (χ1n) is 8.21. The number of hydrogen-bond acceptors (Lipinski definition) is 5. The highest BCUT2D eigenvalue weighted by Gasteiger charge is 2.35.